The topological polar surface area (TPSA) is 33.5 Å². The molecule has 0 unspecified atom stereocenters. The van der Waals surface area contributed by atoms with Crippen LogP contribution in [-0.4, -0.2) is 23.6 Å². The van der Waals surface area contributed by atoms with Crippen molar-refractivity contribution >= 4 is 17.7 Å². The zero-order valence-corrected chi connectivity index (χ0v) is 12.9. The Labute approximate surface area is 124 Å². The molecule has 106 valence electrons. The van der Waals surface area contributed by atoms with Gasteiger partial charge in [0.2, 0.25) is 5.91 Å². The van der Waals surface area contributed by atoms with Crippen LogP contribution in [-0.2, 0) is 11.3 Å². The van der Waals surface area contributed by atoms with Crippen molar-refractivity contribution in [1.82, 2.24) is 4.90 Å². The zero-order chi connectivity index (χ0) is 14.5. The average molecular weight is 289 g/mol. The lowest BCUT2D eigenvalue weighted by molar-refractivity contribution is -0.127. The molecule has 4 heteroatoms. The number of furan rings is 1. The number of carbonyl (C=O) groups is 1. The van der Waals surface area contributed by atoms with Crippen molar-refractivity contribution in [3.63, 3.8) is 0 Å². The van der Waals surface area contributed by atoms with Crippen molar-refractivity contribution in [1.29, 1.82) is 0 Å². The van der Waals surface area contributed by atoms with Gasteiger partial charge in [0.1, 0.15) is 5.76 Å². The number of hydrogen-bond acceptors (Lipinski definition) is 3. The lowest BCUT2D eigenvalue weighted by Gasteiger charge is -2.16. The van der Waals surface area contributed by atoms with Crippen LogP contribution in [0.5, 0.6) is 0 Å². The molecule has 1 heterocycles. The highest BCUT2D eigenvalue weighted by atomic mass is 32.2. The summed E-state index contributed by atoms with van der Waals surface area (Å²) >= 11 is 1.59. The Morgan fingerprint density at radius 1 is 1.30 bits per heavy atom. The molecule has 1 amide bonds. The van der Waals surface area contributed by atoms with E-state index in [-0.39, 0.29) is 5.91 Å². The molecule has 3 nitrogen and oxygen atoms in total. The van der Waals surface area contributed by atoms with E-state index in [1.165, 1.54) is 16.0 Å². The van der Waals surface area contributed by atoms with Crippen molar-refractivity contribution in [3.8, 4) is 0 Å². The Hall–Kier alpha value is -1.68. The molecule has 0 saturated carbocycles. The summed E-state index contributed by atoms with van der Waals surface area (Å²) in [6.45, 7) is 4.65. The van der Waals surface area contributed by atoms with E-state index >= 15 is 0 Å². The van der Waals surface area contributed by atoms with Gasteiger partial charge in [0.15, 0.2) is 0 Å². The molecule has 0 spiro atoms. The Morgan fingerprint density at radius 2 is 2.10 bits per heavy atom. The number of aryl methyl sites for hydroxylation is 2. The van der Waals surface area contributed by atoms with Gasteiger partial charge >= 0.3 is 0 Å². The maximum Gasteiger partial charge on any atom is 0.233 e. The molecule has 0 aliphatic carbocycles. The molecule has 1 aromatic heterocycles. The molecular weight excluding hydrogens is 270 g/mol. The van der Waals surface area contributed by atoms with Crippen LogP contribution in [0.4, 0.5) is 0 Å². The summed E-state index contributed by atoms with van der Waals surface area (Å²) in [6, 6.07) is 10.0. The number of nitrogens with zero attached hydrogens (tertiary/aromatic N) is 1. The van der Waals surface area contributed by atoms with Gasteiger partial charge < -0.3 is 9.32 Å². The van der Waals surface area contributed by atoms with E-state index in [0.717, 1.165) is 5.76 Å². The summed E-state index contributed by atoms with van der Waals surface area (Å²) in [4.78, 5) is 15.0. The van der Waals surface area contributed by atoms with Crippen molar-refractivity contribution < 1.29 is 9.21 Å². The largest absolute Gasteiger partial charge is 0.467 e. The number of benzene rings is 1. The van der Waals surface area contributed by atoms with E-state index in [1.807, 2.05) is 12.1 Å². The Morgan fingerprint density at radius 3 is 2.80 bits per heavy atom. The van der Waals surface area contributed by atoms with Gasteiger partial charge in [-0.15, -0.1) is 11.8 Å². The number of carbonyl (C=O) groups excluding carboxylic acids is 1. The molecule has 0 saturated heterocycles. The van der Waals surface area contributed by atoms with E-state index in [9.17, 15) is 4.79 Å². The maximum atomic E-state index is 12.1. The van der Waals surface area contributed by atoms with Crippen molar-refractivity contribution in [3.05, 3.63) is 53.5 Å². The minimum atomic E-state index is 0.104. The second kappa shape index (κ2) is 6.66. The highest BCUT2D eigenvalue weighted by molar-refractivity contribution is 8.00. The van der Waals surface area contributed by atoms with Crippen molar-refractivity contribution in [2.75, 3.05) is 12.8 Å². The van der Waals surface area contributed by atoms with Gasteiger partial charge in [-0.2, -0.15) is 0 Å². The van der Waals surface area contributed by atoms with Gasteiger partial charge in [-0.25, -0.2) is 0 Å². The van der Waals surface area contributed by atoms with Crippen LogP contribution in [0.15, 0.2) is 45.9 Å². The van der Waals surface area contributed by atoms with Crippen LogP contribution in [0.3, 0.4) is 0 Å². The fraction of sp³-hybridized carbons (Fsp3) is 0.312. The fourth-order valence-corrected chi connectivity index (χ4v) is 2.90. The molecule has 0 bridgehead atoms. The van der Waals surface area contributed by atoms with Crippen LogP contribution in [0.2, 0.25) is 0 Å². The smallest absolute Gasteiger partial charge is 0.233 e. The molecule has 0 atom stereocenters. The summed E-state index contributed by atoms with van der Waals surface area (Å²) < 4.78 is 5.25. The summed E-state index contributed by atoms with van der Waals surface area (Å²) in [6.07, 6.45) is 1.62. The lowest BCUT2D eigenvalue weighted by atomic mass is 10.2. The molecule has 0 aliphatic heterocycles. The lowest BCUT2D eigenvalue weighted by Crippen LogP contribution is -2.27. The van der Waals surface area contributed by atoms with Gasteiger partial charge in [-0.1, -0.05) is 17.7 Å². The molecule has 20 heavy (non-hydrogen) atoms. The van der Waals surface area contributed by atoms with Crippen molar-refractivity contribution in [2.45, 2.75) is 25.3 Å². The molecule has 0 radical (unpaired) electrons. The van der Waals surface area contributed by atoms with Crippen LogP contribution in [0.1, 0.15) is 16.9 Å². The first-order valence-electron chi connectivity index (χ1n) is 6.52. The third-order valence-electron chi connectivity index (χ3n) is 3.09. The number of rotatable bonds is 5. The normalized spacial score (nSPS) is 10.6. The first-order chi connectivity index (χ1) is 9.56. The van der Waals surface area contributed by atoms with Gasteiger partial charge in [0, 0.05) is 11.9 Å². The van der Waals surface area contributed by atoms with E-state index < -0.39 is 0 Å². The quantitative estimate of drug-likeness (QED) is 0.788. The standard InChI is InChI=1S/C16H19NO2S/c1-12-6-7-13(2)15(9-12)20-11-16(18)17(3)10-14-5-4-8-19-14/h4-9H,10-11H2,1-3H3. The highest BCUT2D eigenvalue weighted by Crippen LogP contribution is 2.23. The Balaban J connectivity index is 1.89. The first-order valence-corrected chi connectivity index (χ1v) is 7.51. The number of hydrogen-bond donors (Lipinski definition) is 0. The number of amides is 1. The molecule has 2 aromatic rings. The minimum absolute atomic E-state index is 0.104. The molecule has 0 aliphatic rings. The van der Waals surface area contributed by atoms with Crippen LogP contribution in [0.25, 0.3) is 0 Å². The van der Waals surface area contributed by atoms with E-state index in [4.69, 9.17) is 4.42 Å². The van der Waals surface area contributed by atoms with E-state index in [2.05, 4.69) is 32.0 Å². The predicted octanol–water partition coefficient (Wildman–Crippen LogP) is 3.65. The predicted molar refractivity (Wildman–Crippen MR) is 81.8 cm³/mol. The van der Waals surface area contributed by atoms with Gasteiger partial charge in [-0.3, -0.25) is 4.79 Å². The second-order valence-corrected chi connectivity index (χ2v) is 5.90. The molecule has 0 fully saturated rings. The van der Waals surface area contributed by atoms with Crippen LogP contribution < -0.4 is 0 Å². The third kappa shape index (κ3) is 3.90. The van der Waals surface area contributed by atoms with E-state index in [1.54, 1.807) is 30.0 Å². The monoisotopic (exact) mass is 289 g/mol. The van der Waals surface area contributed by atoms with Crippen LogP contribution in [0, 0.1) is 13.8 Å². The maximum absolute atomic E-state index is 12.1. The fourth-order valence-electron chi connectivity index (χ4n) is 1.84. The highest BCUT2D eigenvalue weighted by Gasteiger charge is 2.11. The average Bonchev–Trinajstić information content (AvgIpc) is 2.92. The minimum Gasteiger partial charge on any atom is -0.467 e. The first kappa shape index (κ1) is 14.7. The van der Waals surface area contributed by atoms with Crippen LogP contribution >= 0.6 is 11.8 Å². The summed E-state index contributed by atoms with van der Waals surface area (Å²) in [5.41, 5.74) is 2.43. The molecule has 2 rings (SSSR count). The summed E-state index contributed by atoms with van der Waals surface area (Å²) in [7, 11) is 1.80. The summed E-state index contributed by atoms with van der Waals surface area (Å²) in [5, 5.41) is 0. The third-order valence-corrected chi connectivity index (χ3v) is 4.24. The SMILES string of the molecule is Cc1ccc(C)c(SCC(=O)N(C)Cc2ccco2)c1. The molecular formula is C16H19NO2S. The second-order valence-electron chi connectivity index (χ2n) is 4.89. The van der Waals surface area contributed by atoms with Gasteiger partial charge in [-0.05, 0) is 37.6 Å². The van der Waals surface area contributed by atoms with E-state index in [0.29, 0.717) is 12.3 Å². The zero-order valence-electron chi connectivity index (χ0n) is 12.1. The Bertz CT molecular complexity index is 578. The molecule has 1 aromatic carbocycles. The molecule has 0 N–H and O–H groups in total. The van der Waals surface area contributed by atoms with Crippen molar-refractivity contribution in [2.24, 2.45) is 0 Å². The number of thioether (sulfide) groups is 1. The van der Waals surface area contributed by atoms with Gasteiger partial charge in [0.05, 0.1) is 18.6 Å². The summed E-state index contributed by atoms with van der Waals surface area (Å²) in [5.74, 6) is 1.35. The van der Waals surface area contributed by atoms with Gasteiger partial charge in [0.25, 0.3) is 0 Å². The Kier molecular flexibility index (Phi) is 4.90.